The maximum Gasteiger partial charge on any atom is 0.322 e. The van der Waals surface area contributed by atoms with Gasteiger partial charge in [0.05, 0.1) is 16.8 Å². The van der Waals surface area contributed by atoms with E-state index in [-0.39, 0.29) is 12.1 Å². The van der Waals surface area contributed by atoms with Gasteiger partial charge < -0.3 is 14.8 Å². The summed E-state index contributed by atoms with van der Waals surface area (Å²) in [7, 11) is 0. The summed E-state index contributed by atoms with van der Waals surface area (Å²) in [5.74, 6) is 0.331. The van der Waals surface area contributed by atoms with Crippen molar-refractivity contribution in [3.05, 3.63) is 52.3 Å². The van der Waals surface area contributed by atoms with E-state index in [0.717, 1.165) is 12.1 Å². The second-order valence-electron chi connectivity index (χ2n) is 6.85. The summed E-state index contributed by atoms with van der Waals surface area (Å²) in [5, 5.41) is 3.55. The summed E-state index contributed by atoms with van der Waals surface area (Å²) < 4.78 is 2.31. The summed E-state index contributed by atoms with van der Waals surface area (Å²) in [4.78, 5) is 14.8. The molecule has 3 rings (SSSR count). The van der Waals surface area contributed by atoms with Crippen LogP contribution in [-0.4, -0.2) is 22.0 Å². The first-order chi connectivity index (χ1) is 11.4. The van der Waals surface area contributed by atoms with Gasteiger partial charge in [-0.2, -0.15) is 0 Å². The standard InChI is InChI=1S/C19H24ClN3O/c1-12(2)18-17-8-6-14(4)22(17)9-10-23(18)19(24)21-16-7-5-13(3)11-15(16)20/h5-8,11-12,18H,9-10H2,1-4H3,(H,21,24)/t18-/m0/s1. The molecule has 2 aromatic rings. The van der Waals surface area contributed by atoms with Crippen LogP contribution in [0.2, 0.25) is 5.02 Å². The van der Waals surface area contributed by atoms with Crippen LogP contribution in [0.5, 0.6) is 0 Å². The number of carbonyl (C=O) groups excluding carboxylic acids is 1. The normalized spacial score (nSPS) is 17.1. The highest BCUT2D eigenvalue weighted by atomic mass is 35.5. The molecule has 24 heavy (non-hydrogen) atoms. The Labute approximate surface area is 148 Å². The van der Waals surface area contributed by atoms with Crippen molar-refractivity contribution in [2.45, 2.75) is 40.3 Å². The van der Waals surface area contributed by atoms with Gasteiger partial charge in [0, 0.05) is 24.5 Å². The zero-order valence-corrected chi connectivity index (χ0v) is 15.4. The smallest absolute Gasteiger partial charge is 0.322 e. The first kappa shape index (κ1) is 16.9. The van der Waals surface area contributed by atoms with Crippen molar-refractivity contribution in [3.63, 3.8) is 0 Å². The SMILES string of the molecule is Cc1ccc(NC(=O)N2CCn3c(C)ccc3[C@@H]2C(C)C)c(Cl)c1. The molecular weight excluding hydrogens is 322 g/mol. The minimum Gasteiger partial charge on any atom is -0.345 e. The molecule has 2 amide bonds. The van der Waals surface area contributed by atoms with Crippen molar-refractivity contribution in [2.24, 2.45) is 5.92 Å². The van der Waals surface area contributed by atoms with Crippen LogP contribution in [-0.2, 0) is 6.54 Å². The third kappa shape index (κ3) is 3.03. The fourth-order valence-corrected chi connectivity index (χ4v) is 3.78. The lowest BCUT2D eigenvalue weighted by molar-refractivity contribution is 0.143. The van der Waals surface area contributed by atoms with Gasteiger partial charge in [0.1, 0.15) is 0 Å². The Morgan fingerprint density at radius 2 is 1.96 bits per heavy atom. The van der Waals surface area contributed by atoms with Gasteiger partial charge in [-0.3, -0.25) is 0 Å². The number of carbonyl (C=O) groups is 1. The van der Waals surface area contributed by atoms with Crippen LogP contribution < -0.4 is 5.32 Å². The minimum absolute atomic E-state index is 0.0664. The quantitative estimate of drug-likeness (QED) is 0.816. The number of nitrogens with one attached hydrogen (secondary N) is 1. The summed E-state index contributed by atoms with van der Waals surface area (Å²) in [6.07, 6.45) is 0. The van der Waals surface area contributed by atoms with Crippen LogP contribution in [0.15, 0.2) is 30.3 Å². The number of hydrogen-bond donors (Lipinski definition) is 1. The number of urea groups is 1. The van der Waals surface area contributed by atoms with E-state index in [0.29, 0.717) is 23.2 Å². The summed E-state index contributed by atoms with van der Waals surface area (Å²) >= 11 is 6.26. The highest BCUT2D eigenvalue weighted by molar-refractivity contribution is 6.33. The highest BCUT2D eigenvalue weighted by Crippen LogP contribution is 2.34. The van der Waals surface area contributed by atoms with Crippen molar-refractivity contribution >= 4 is 23.3 Å². The lowest BCUT2D eigenvalue weighted by Gasteiger charge is -2.39. The predicted octanol–water partition coefficient (Wildman–Crippen LogP) is 5.00. The van der Waals surface area contributed by atoms with Gasteiger partial charge in [-0.25, -0.2) is 4.79 Å². The lowest BCUT2D eigenvalue weighted by Crippen LogP contribution is -2.46. The Kier molecular flexibility index (Phi) is 4.59. The molecule has 2 heterocycles. The van der Waals surface area contributed by atoms with E-state index in [1.807, 2.05) is 30.0 Å². The Bertz CT molecular complexity index is 766. The zero-order valence-electron chi connectivity index (χ0n) is 14.6. The van der Waals surface area contributed by atoms with E-state index in [4.69, 9.17) is 11.6 Å². The molecule has 1 aliphatic rings. The summed E-state index contributed by atoms with van der Waals surface area (Å²) in [6.45, 7) is 9.92. The minimum atomic E-state index is -0.0930. The van der Waals surface area contributed by atoms with Gasteiger partial charge in [-0.15, -0.1) is 0 Å². The van der Waals surface area contributed by atoms with E-state index in [9.17, 15) is 4.79 Å². The first-order valence-electron chi connectivity index (χ1n) is 8.38. The van der Waals surface area contributed by atoms with Crippen LogP contribution in [0.3, 0.4) is 0 Å². The lowest BCUT2D eigenvalue weighted by atomic mass is 9.97. The monoisotopic (exact) mass is 345 g/mol. The van der Waals surface area contributed by atoms with Crippen molar-refractivity contribution in [1.29, 1.82) is 0 Å². The fraction of sp³-hybridized carbons (Fsp3) is 0.421. The molecule has 1 atom stereocenters. The maximum atomic E-state index is 12.9. The molecular formula is C19H24ClN3O. The molecule has 5 heteroatoms. The molecule has 0 saturated heterocycles. The van der Waals surface area contributed by atoms with Crippen LogP contribution in [0.1, 0.15) is 36.8 Å². The number of nitrogens with zero attached hydrogens (tertiary/aromatic N) is 2. The third-order valence-corrected chi connectivity index (χ3v) is 5.01. The molecule has 4 nitrogen and oxygen atoms in total. The van der Waals surface area contributed by atoms with Gasteiger partial charge in [0.15, 0.2) is 0 Å². The van der Waals surface area contributed by atoms with Crippen LogP contribution in [0, 0.1) is 19.8 Å². The molecule has 1 aliphatic heterocycles. The van der Waals surface area contributed by atoms with Crippen molar-refractivity contribution in [1.82, 2.24) is 9.47 Å². The number of hydrogen-bond acceptors (Lipinski definition) is 1. The highest BCUT2D eigenvalue weighted by Gasteiger charge is 2.33. The third-order valence-electron chi connectivity index (χ3n) is 4.69. The van der Waals surface area contributed by atoms with E-state index >= 15 is 0 Å². The molecule has 0 saturated carbocycles. The number of aryl methyl sites for hydroxylation is 2. The maximum absolute atomic E-state index is 12.9. The van der Waals surface area contributed by atoms with Gasteiger partial charge in [0.25, 0.3) is 0 Å². The molecule has 0 aliphatic carbocycles. The molecule has 0 radical (unpaired) electrons. The summed E-state index contributed by atoms with van der Waals surface area (Å²) in [6, 6.07) is 9.91. The van der Waals surface area contributed by atoms with Crippen LogP contribution in [0.4, 0.5) is 10.5 Å². The second-order valence-corrected chi connectivity index (χ2v) is 7.25. The molecule has 1 N–H and O–H groups in total. The first-order valence-corrected chi connectivity index (χ1v) is 8.76. The molecule has 0 spiro atoms. The van der Waals surface area contributed by atoms with Crippen LogP contribution >= 0.6 is 11.6 Å². The van der Waals surface area contributed by atoms with Gasteiger partial charge >= 0.3 is 6.03 Å². The molecule has 0 unspecified atom stereocenters. The Hall–Kier alpha value is -1.94. The van der Waals surface area contributed by atoms with Gasteiger partial charge in [-0.05, 0) is 49.6 Å². The molecule has 1 aromatic carbocycles. The Balaban J connectivity index is 1.86. The average Bonchev–Trinajstić information content (AvgIpc) is 2.90. The fourth-order valence-electron chi connectivity index (χ4n) is 3.50. The molecule has 1 aromatic heterocycles. The van der Waals surface area contributed by atoms with Crippen LogP contribution in [0.25, 0.3) is 0 Å². The van der Waals surface area contributed by atoms with E-state index < -0.39 is 0 Å². The number of fused-ring (bicyclic) bond motifs is 1. The number of anilines is 1. The van der Waals surface area contributed by atoms with Crippen molar-refractivity contribution < 1.29 is 4.79 Å². The molecule has 128 valence electrons. The summed E-state index contributed by atoms with van der Waals surface area (Å²) in [5.41, 5.74) is 4.19. The van der Waals surface area contributed by atoms with E-state index in [1.54, 1.807) is 0 Å². The largest absolute Gasteiger partial charge is 0.345 e. The number of halogens is 1. The molecule has 0 fully saturated rings. The predicted molar refractivity (Wildman–Crippen MR) is 98.7 cm³/mol. The number of aromatic nitrogens is 1. The number of rotatable bonds is 2. The van der Waals surface area contributed by atoms with E-state index in [1.165, 1.54) is 11.4 Å². The van der Waals surface area contributed by atoms with Crippen molar-refractivity contribution in [2.75, 3.05) is 11.9 Å². The van der Waals surface area contributed by atoms with Gasteiger partial charge in [-0.1, -0.05) is 31.5 Å². The topological polar surface area (TPSA) is 37.3 Å². The van der Waals surface area contributed by atoms with E-state index in [2.05, 4.69) is 42.8 Å². The number of amides is 2. The van der Waals surface area contributed by atoms with Gasteiger partial charge in [0.2, 0.25) is 0 Å². The average molecular weight is 346 g/mol. The second kappa shape index (κ2) is 6.52. The molecule has 0 bridgehead atoms. The Morgan fingerprint density at radius 3 is 2.62 bits per heavy atom. The zero-order chi connectivity index (χ0) is 17.4. The Morgan fingerprint density at radius 1 is 1.21 bits per heavy atom. The number of benzene rings is 1. The van der Waals surface area contributed by atoms with Crippen molar-refractivity contribution in [3.8, 4) is 0 Å².